The molecule has 0 aliphatic rings. The zero-order valence-electron chi connectivity index (χ0n) is 8.64. The number of hydrogen-bond donors (Lipinski definition) is 1. The van der Waals surface area contributed by atoms with Crippen molar-refractivity contribution in [2.24, 2.45) is 0 Å². The van der Waals surface area contributed by atoms with Crippen LogP contribution in [0, 0.1) is 13.8 Å². The summed E-state index contributed by atoms with van der Waals surface area (Å²) in [6.45, 7) is 4.35. The standard InChI is InChI=1S/C10H16N2O/c1-7-5-11-8(2)10(7)9(13)6-12(3)4/h5,11H,6H2,1-4H3. The van der Waals surface area contributed by atoms with Gasteiger partial charge in [0.2, 0.25) is 0 Å². The minimum absolute atomic E-state index is 0.182. The Labute approximate surface area is 78.8 Å². The predicted octanol–water partition coefficient (Wildman–Crippen LogP) is 1.38. The van der Waals surface area contributed by atoms with Crippen molar-refractivity contribution in [1.29, 1.82) is 0 Å². The van der Waals surface area contributed by atoms with Crippen molar-refractivity contribution >= 4 is 5.78 Å². The fourth-order valence-electron chi connectivity index (χ4n) is 1.45. The minimum atomic E-state index is 0.182. The highest BCUT2D eigenvalue weighted by atomic mass is 16.1. The van der Waals surface area contributed by atoms with Gasteiger partial charge in [0.25, 0.3) is 0 Å². The molecule has 0 aliphatic heterocycles. The highest BCUT2D eigenvalue weighted by molar-refractivity contribution is 5.99. The van der Waals surface area contributed by atoms with Crippen LogP contribution in [0.2, 0.25) is 0 Å². The van der Waals surface area contributed by atoms with Gasteiger partial charge in [-0.3, -0.25) is 4.79 Å². The number of H-pyrrole nitrogens is 1. The van der Waals surface area contributed by atoms with Crippen LogP contribution in [0.1, 0.15) is 21.6 Å². The average molecular weight is 180 g/mol. The van der Waals surface area contributed by atoms with Gasteiger partial charge in [0.05, 0.1) is 6.54 Å². The molecule has 0 radical (unpaired) electrons. The lowest BCUT2D eigenvalue weighted by atomic mass is 10.1. The molecule has 1 aromatic heterocycles. The first-order valence-corrected chi connectivity index (χ1v) is 4.35. The third kappa shape index (κ3) is 2.18. The summed E-state index contributed by atoms with van der Waals surface area (Å²) in [5.74, 6) is 0.182. The first-order valence-electron chi connectivity index (χ1n) is 4.35. The number of hydrogen-bond acceptors (Lipinski definition) is 2. The Bertz CT molecular complexity index is 293. The third-order valence-electron chi connectivity index (χ3n) is 2.01. The summed E-state index contributed by atoms with van der Waals surface area (Å²) in [7, 11) is 3.80. The Balaban J connectivity index is 2.88. The van der Waals surface area contributed by atoms with Crippen molar-refractivity contribution in [2.45, 2.75) is 13.8 Å². The monoisotopic (exact) mass is 180 g/mol. The van der Waals surface area contributed by atoms with Crippen molar-refractivity contribution in [3.05, 3.63) is 23.0 Å². The molecule has 0 saturated carbocycles. The molecule has 1 aromatic rings. The maximum atomic E-state index is 11.7. The molecule has 0 atom stereocenters. The average Bonchev–Trinajstić information content (AvgIpc) is 2.29. The number of likely N-dealkylation sites (N-methyl/N-ethyl adjacent to an activating group) is 1. The van der Waals surface area contributed by atoms with Gasteiger partial charge in [-0.2, -0.15) is 0 Å². The van der Waals surface area contributed by atoms with Crippen LogP contribution in [0.25, 0.3) is 0 Å². The quantitative estimate of drug-likeness (QED) is 0.713. The topological polar surface area (TPSA) is 36.1 Å². The minimum Gasteiger partial charge on any atom is -0.364 e. The Hall–Kier alpha value is -1.09. The molecular formula is C10H16N2O. The molecule has 0 aromatic carbocycles. The van der Waals surface area contributed by atoms with E-state index in [0.29, 0.717) is 6.54 Å². The van der Waals surface area contributed by atoms with Crippen LogP contribution in [0.5, 0.6) is 0 Å². The number of aromatic nitrogens is 1. The lowest BCUT2D eigenvalue weighted by Gasteiger charge is -2.08. The van der Waals surface area contributed by atoms with Gasteiger partial charge in [-0.05, 0) is 33.5 Å². The van der Waals surface area contributed by atoms with Crippen LogP contribution >= 0.6 is 0 Å². The zero-order valence-corrected chi connectivity index (χ0v) is 8.64. The summed E-state index contributed by atoms with van der Waals surface area (Å²) in [5, 5.41) is 0. The van der Waals surface area contributed by atoms with Crippen LogP contribution in [0.3, 0.4) is 0 Å². The maximum absolute atomic E-state index is 11.7. The molecule has 0 amide bonds. The van der Waals surface area contributed by atoms with Gasteiger partial charge in [-0.1, -0.05) is 0 Å². The summed E-state index contributed by atoms with van der Waals surface area (Å²) in [5.41, 5.74) is 2.84. The Morgan fingerprint density at radius 2 is 2.08 bits per heavy atom. The van der Waals surface area contributed by atoms with Crippen LogP contribution < -0.4 is 0 Å². The van der Waals surface area contributed by atoms with Gasteiger partial charge in [0, 0.05) is 17.5 Å². The summed E-state index contributed by atoms with van der Waals surface area (Å²) in [4.78, 5) is 16.6. The number of carbonyl (C=O) groups is 1. The first-order chi connectivity index (χ1) is 6.02. The molecule has 13 heavy (non-hydrogen) atoms. The highest BCUT2D eigenvalue weighted by Gasteiger charge is 2.13. The number of nitrogens with one attached hydrogen (secondary N) is 1. The molecule has 3 nitrogen and oxygen atoms in total. The summed E-state index contributed by atoms with van der Waals surface area (Å²) in [6, 6.07) is 0. The lowest BCUT2D eigenvalue weighted by Crippen LogP contribution is -2.22. The van der Waals surface area contributed by atoms with E-state index in [-0.39, 0.29) is 5.78 Å². The van der Waals surface area contributed by atoms with Crippen molar-refractivity contribution in [2.75, 3.05) is 20.6 Å². The summed E-state index contributed by atoms with van der Waals surface area (Å²) < 4.78 is 0. The molecule has 72 valence electrons. The molecular weight excluding hydrogens is 164 g/mol. The van der Waals surface area contributed by atoms with E-state index in [1.54, 1.807) is 0 Å². The van der Waals surface area contributed by atoms with E-state index in [0.717, 1.165) is 16.8 Å². The maximum Gasteiger partial charge on any atom is 0.178 e. The van der Waals surface area contributed by atoms with Gasteiger partial charge in [-0.15, -0.1) is 0 Å². The Morgan fingerprint density at radius 1 is 1.46 bits per heavy atom. The number of rotatable bonds is 3. The largest absolute Gasteiger partial charge is 0.364 e. The third-order valence-corrected chi connectivity index (χ3v) is 2.01. The Morgan fingerprint density at radius 3 is 2.46 bits per heavy atom. The van der Waals surface area contributed by atoms with Crippen LogP contribution in [0.4, 0.5) is 0 Å². The van der Waals surface area contributed by atoms with E-state index in [2.05, 4.69) is 4.98 Å². The van der Waals surface area contributed by atoms with Crippen LogP contribution in [-0.2, 0) is 0 Å². The second-order valence-corrected chi connectivity index (χ2v) is 3.63. The molecule has 3 heteroatoms. The zero-order chi connectivity index (χ0) is 10.0. The van der Waals surface area contributed by atoms with Crippen LogP contribution in [0.15, 0.2) is 6.20 Å². The molecule has 0 aliphatic carbocycles. The predicted molar refractivity (Wildman–Crippen MR) is 53.2 cm³/mol. The molecule has 0 spiro atoms. The summed E-state index contributed by atoms with van der Waals surface area (Å²) in [6.07, 6.45) is 1.87. The van der Waals surface area contributed by atoms with Crippen molar-refractivity contribution in [3.8, 4) is 0 Å². The van der Waals surface area contributed by atoms with E-state index >= 15 is 0 Å². The van der Waals surface area contributed by atoms with E-state index in [9.17, 15) is 4.79 Å². The van der Waals surface area contributed by atoms with Crippen molar-refractivity contribution < 1.29 is 4.79 Å². The summed E-state index contributed by atoms with van der Waals surface area (Å²) >= 11 is 0. The fourth-order valence-corrected chi connectivity index (χ4v) is 1.45. The smallest absolute Gasteiger partial charge is 0.178 e. The number of Topliss-reactive ketones (excluding diaryl/α,β-unsaturated/α-hetero) is 1. The first kappa shape index (κ1) is 9.99. The van der Waals surface area contributed by atoms with E-state index in [1.165, 1.54) is 0 Å². The van der Waals surface area contributed by atoms with Crippen molar-refractivity contribution in [1.82, 2.24) is 9.88 Å². The second kappa shape index (κ2) is 3.75. The number of ketones is 1. The lowest BCUT2D eigenvalue weighted by molar-refractivity contribution is 0.0957. The molecule has 1 N–H and O–H groups in total. The SMILES string of the molecule is Cc1c[nH]c(C)c1C(=O)CN(C)C. The second-order valence-electron chi connectivity index (χ2n) is 3.63. The molecule has 1 rings (SSSR count). The Kier molecular flexibility index (Phi) is 2.88. The van der Waals surface area contributed by atoms with Crippen LogP contribution in [-0.4, -0.2) is 36.3 Å². The van der Waals surface area contributed by atoms with E-state index < -0.39 is 0 Å². The number of aromatic amines is 1. The number of aryl methyl sites for hydroxylation is 2. The molecule has 0 bridgehead atoms. The number of nitrogens with zero attached hydrogens (tertiary/aromatic N) is 1. The van der Waals surface area contributed by atoms with Gasteiger partial charge < -0.3 is 9.88 Å². The van der Waals surface area contributed by atoms with E-state index in [4.69, 9.17) is 0 Å². The van der Waals surface area contributed by atoms with E-state index in [1.807, 2.05) is 39.0 Å². The normalized spacial score (nSPS) is 10.8. The molecule has 0 fully saturated rings. The highest BCUT2D eigenvalue weighted by Crippen LogP contribution is 2.12. The van der Waals surface area contributed by atoms with Crippen molar-refractivity contribution in [3.63, 3.8) is 0 Å². The molecule has 0 unspecified atom stereocenters. The van der Waals surface area contributed by atoms with Gasteiger partial charge >= 0.3 is 0 Å². The molecule has 0 saturated heterocycles. The molecule has 1 heterocycles. The van der Waals surface area contributed by atoms with Gasteiger partial charge in [0.15, 0.2) is 5.78 Å². The number of carbonyl (C=O) groups excluding carboxylic acids is 1. The van der Waals surface area contributed by atoms with Gasteiger partial charge in [0.1, 0.15) is 0 Å². The van der Waals surface area contributed by atoms with Gasteiger partial charge in [-0.25, -0.2) is 0 Å². The fraction of sp³-hybridized carbons (Fsp3) is 0.500.